The van der Waals surface area contributed by atoms with E-state index in [1.807, 2.05) is 6.92 Å². The fourth-order valence-corrected chi connectivity index (χ4v) is 2.27. The number of hydrogen-bond donors (Lipinski definition) is 1. The largest absolute Gasteiger partial charge is 0.481 e. The number of rotatable bonds is 4. The van der Waals surface area contributed by atoms with Crippen molar-refractivity contribution < 1.29 is 4.74 Å². The van der Waals surface area contributed by atoms with Gasteiger partial charge in [0, 0.05) is 17.1 Å². The summed E-state index contributed by atoms with van der Waals surface area (Å²) in [7, 11) is 1.58. The van der Waals surface area contributed by atoms with Crippen LogP contribution in [0.25, 0.3) is 0 Å². The molecular formula is C11H14N4OS. The van der Waals surface area contributed by atoms with E-state index in [0.717, 1.165) is 10.7 Å². The van der Waals surface area contributed by atoms with E-state index in [2.05, 4.69) is 27.2 Å². The molecule has 90 valence electrons. The number of hydrogen-bond acceptors (Lipinski definition) is 6. The van der Waals surface area contributed by atoms with Crippen molar-refractivity contribution in [3.05, 3.63) is 27.8 Å². The summed E-state index contributed by atoms with van der Waals surface area (Å²) >= 11 is 1.70. The Balaban J connectivity index is 2.04. The number of aryl methyl sites for hydroxylation is 2. The average molecular weight is 250 g/mol. The molecule has 6 heteroatoms. The number of ether oxygens (including phenoxy) is 1. The van der Waals surface area contributed by atoms with E-state index in [4.69, 9.17) is 4.74 Å². The van der Waals surface area contributed by atoms with E-state index in [1.54, 1.807) is 30.7 Å². The van der Waals surface area contributed by atoms with Crippen LogP contribution in [0.2, 0.25) is 0 Å². The lowest BCUT2D eigenvalue weighted by atomic mass is 10.4. The molecule has 0 aromatic carbocycles. The van der Waals surface area contributed by atoms with Crippen molar-refractivity contribution in [1.29, 1.82) is 0 Å². The lowest BCUT2D eigenvalue weighted by Gasteiger charge is -2.04. The summed E-state index contributed by atoms with van der Waals surface area (Å²) in [5.74, 6) is 1.10. The van der Waals surface area contributed by atoms with Crippen molar-refractivity contribution in [2.75, 3.05) is 12.4 Å². The Morgan fingerprint density at radius 1 is 1.35 bits per heavy atom. The van der Waals surface area contributed by atoms with Crippen LogP contribution in [0, 0.1) is 13.8 Å². The Kier molecular flexibility index (Phi) is 3.53. The highest BCUT2D eigenvalue weighted by molar-refractivity contribution is 7.11. The molecule has 2 rings (SSSR count). The van der Waals surface area contributed by atoms with Crippen molar-refractivity contribution in [2.24, 2.45) is 0 Å². The van der Waals surface area contributed by atoms with E-state index in [9.17, 15) is 0 Å². The Labute approximate surface area is 104 Å². The number of thiazole rings is 1. The third kappa shape index (κ3) is 2.91. The van der Waals surface area contributed by atoms with E-state index >= 15 is 0 Å². The van der Waals surface area contributed by atoms with Gasteiger partial charge in [-0.2, -0.15) is 4.98 Å². The lowest BCUT2D eigenvalue weighted by Crippen LogP contribution is -2.05. The summed E-state index contributed by atoms with van der Waals surface area (Å²) < 4.78 is 5.03. The third-order valence-corrected chi connectivity index (χ3v) is 3.18. The number of nitrogens with zero attached hydrogens (tertiary/aromatic N) is 3. The molecule has 2 aromatic rings. The summed E-state index contributed by atoms with van der Waals surface area (Å²) in [5, 5.41) is 4.21. The Bertz CT molecular complexity index is 512. The number of methoxy groups -OCH3 is 1. The van der Waals surface area contributed by atoms with Gasteiger partial charge in [-0.1, -0.05) is 0 Å². The Morgan fingerprint density at radius 2 is 2.18 bits per heavy atom. The number of anilines is 1. The van der Waals surface area contributed by atoms with Crippen LogP contribution in [0.4, 0.5) is 5.95 Å². The van der Waals surface area contributed by atoms with Crippen LogP contribution >= 0.6 is 11.3 Å². The molecule has 0 saturated carbocycles. The predicted molar refractivity (Wildman–Crippen MR) is 67.5 cm³/mol. The molecule has 0 radical (unpaired) electrons. The standard InChI is InChI=1S/C11H14N4OS/c1-7-9(14-8(2)17-7)6-13-11-12-5-4-10(15-11)16-3/h4-5H,6H2,1-3H3,(H,12,13,15). The zero-order chi connectivity index (χ0) is 12.3. The van der Waals surface area contributed by atoms with E-state index < -0.39 is 0 Å². The minimum atomic E-state index is 0.550. The molecule has 0 spiro atoms. The fourth-order valence-electron chi connectivity index (χ4n) is 1.44. The van der Waals surface area contributed by atoms with Crippen LogP contribution in [0.15, 0.2) is 12.3 Å². The van der Waals surface area contributed by atoms with Crippen molar-refractivity contribution in [3.8, 4) is 5.88 Å². The molecule has 0 saturated heterocycles. The maximum atomic E-state index is 5.03. The molecule has 2 heterocycles. The van der Waals surface area contributed by atoms with E-state index in [-0.39, 0.29) is 0 Å². The minimum absolute atomic E-state index is 0.550. The second-order valence-corrected chi connectivity index (χ2v) is 4.92. The van der Waals surface area contributed by atoms with Gasteiger partial charge >= 0.3 is 0 Å². The Morgan fingerprint density at radius 3 is 2.82 bits per heavy atom. The predicted octanol–water partition coefficient (Wildman–Crippen LogP) is 2.17. The molecule has 0 aliphatic carbocycles. The van der Waals surface area contributed by atoms with Gasteiger partial charge in [0.25, 0.3) is 0 Å². The summed E-state index contributed by atoms with van der Waals surface area (Å²) in [4.78, 5) is 13.9. The molecule has 0 bridgehead atoms. The van der Waals surface area contributed by atoms with Crippen LogP contribution in [-0.4, -0.2) is 22.1 Å². The van der Waals surface area contributed by atoms with E-state index in [0.29, 0.717) is 18.4 Å². The molecular weight excluding hydrogens is 236 g/mol. The van der Waals surface area contributed by atoms with Crippen LogP contribution in [-0.2, 0) is 6.54 Å². The zero-order valence-corrected chi connectivity index (χ0v) is 10.8. The molecule has 0 fully saturated rings. The third-order valence-electron chi connectivity index (χ3n) is 2.25. The summed E-state index contributed by atoms with van der Waals surface area (Å²) in [5.41, 5.74) is 1.04. The topological polar surface area (TPSA) is 59.9 Å². The van der Waals surface area contributed by atoms with Crippen molar-refractivity contribution in [3.63, 3.8) is 0 Å². The average Bonchev–Trinajstić information content (AvgIpc) is 2.65. The maximum absolute atomic E-state index is 5.03. The SMILES string of the molecule is COc1ccnc(NCc2nc(C)sc2C)n1. The molecule has 0 unspecified atom stereocenters. The van der Waals surface area contributed by atoms with Crippen molar-refractivity contribution >= 4 is 17.3 Å². The summed E-state index contributed by atoms with van der Waals surface area (Å²) in [6, 6.07) is 1.71. The second-order valence-electron chi connectivity index (χ2n) is 3.51. The molecule has 0 amide bonds. The van der Waals surface area contributed by atoms with Crippen LogP contribution < -0.4 is 10.1 Å². The highest BCUT2D eigenvalue weighted by atomic mass is 32.1. The molecule has 1 N–H and O–H groups in total. The van der Waals surface area contributed by atoms with Gasteiger partial charge in [-0.3, -0.25) is 0 Å². The molecule has 0 aliphatic rings. The number of nitrogens with one attached hydrogen (secondary N) is 1. The molecule has 2 aromatic heterocycles. The molecule has 17 heavy (non-hydrogen) atoms. The first-order valence-corrected chi connectivity index (χ1v) is 6.04. The van der Waals surface area contributed by atoms with Gasteiger partial charge in [-0.15, -0.1) is 11.3 Å². The summed E-state index contributed by atoms with van der Waals surface area (Å²) in [6.45, 7) is 4.70. The first-order chi connectivity index (χ1) is 8.19. The van der Waals surface area contributed by atoms with Gasteiger partial charge in [0.1, 0.15) is 0 Å². The first kappa shape index (κ1) is 11.8. The fraction of sp³-hybridized carbons (Fsp3) is 0.364. The zero-order valence-electron chi connectivity index (χ0n) is 10.0. The van der Waals surface area contributed by atoms with Gasteiger partial charge in [0.2, 0.25) is 11.8 Å². The van der Waals surface area contributed by atoms with Crippen LogP contribution in [0.5, 0.6) is 5.88 Å². The van der Waals surface area contributed by atoms with Crippen LogP contribution in [0.3, 0.4) is 0 Å². The highest BCUT2D eigenvalue weighted by Crippen LogP contribution is 2.17. The second kappa shape index (κ2) is 5.09. The highest BCUT2D eigenvalue weighted by Gasteiger charge is 2.05. The van der Waals surface area contributed by atoms with Gasteiger partial charge in [0.15, 0.2) is 0 Å². The van der Waals surface area contributed by atoms with Crippen molar-refractivity contribution in [1.82, 2.24) is 15.0 Å². The summed E-state index contributed by atoms with van der Waals surface area (Å²) in [6.07, 6.45) is 1.66. The van der Waals surface area contributed by atoms with Gasteiger partial charge in [-0.25, -0.2) is 9.97 Å². The normalized spacial score (nSPS) is 10.3. The van der Waals surface area contributed by atoms with Gasteiger partial charge < -0.3 is 10.1 Å². The minimum Gasteiger partial charge on any atom is -0.481 e. The van der Waals surface area contributed by atoms with Crippen molar-refractivity contribution in [2.45, 2.75) is 20.4 Å². The molecule has 0 atom stereocenters. The van der Waals surface area contributed by atoms with Crippen LogP contribution in [0.1, 0.15) is 15.6 Å². The monoisotopic (exact) mass is 250 g/mol. The quantitative estimate of drug-likeness (QED) is 0.901. The smallest absolute Gasteiger partial charge is 0.226 e. The van der Waals surface area contributed by atoms with Gasteiger partial charge in [0.05, 0.1) is 24.4 Å². The lowest BCUT2D eigenvalue weighted by molar-refractivity contribution is 0.397. The molecule has 5 nitrogen and oxygen atoms in total. The number of aromatic nitrogens is 3. The first-order valence-electron chi connectivity index (χ1n) is 5.23. The Hall–Kier alpha value is -1.69. The van der Waals surface area contributed by atoms with Gasteiger partial charge in [-0.05, 0) is 13.8 Å². The molecule has 0 aliphatic heterocycles. The maximum Gasteiger partial charge on any atom is 0.226 e. The van der Waals surface area contributed by atoms with E-state index in [1.165, 1.54) is 4.88 Å².